The predicted molar refractivity (Wildman–Crippen MR) is 68.6 cm³/mol. The van der Waals surface area contributed by atoms with Crippen molar-refractivity contribution in [3.8, 4) is 0 Å². The highest BCUT2D eigenvalue weighted by Gasteiger charge is 2.36. The van der Waals surface area contributed by atoms with Crippen LogP contribution in [0.4, 0.5) is 10.8 Å². The molecular formula is C12H16N4O4. The van der Waals surface area contributed by atoms with E-state index in [2.05, 4.69) is 10.3 Å². The fourth-order valence-electron chi connectivity index (χ4n) is 2.49. The average molecular weight is 280 g/mol. The number of nitrogens with zero attached hydrogens (tertiary/aromatic N) is 3. The van der Waals surface area contributed by atoms with Gasteiger partial charge in [0, 0.05) is 26.2 Å². The van der Waals surface area contributed by atoms with Crippen molar-refractivity contribution in [3.63, 3.8) is 0 Å². The first-order chi connectivity index (χ1) is 9.69. The van der Waals surface area contributed by atoms with E-state index < -0.39 is 5.97 Å². The van der Waals surface area contributed by atoms with Gasteiger partial charge in [0.2, 0.25) is 0 Å². The summed E-state index contributed by atoms with van der Waals surface area (Å²) < 4.78 is 10.2. The fraction of sp³-hybridized carbons (Fsp3) is 0.583. The van der Waals surface area contributed by atoms with Crippen LogP contribution in [0.1, 0.15) is 17.4 Å². The van der Waals surface area contributed by atoms with Crippen molar-refractivity contribution >= 4 is 18.0 Å². The number of anilines is 1. The number of hydrogen-bond acceptors (Lipinski definition) is 6. The van der Waals surface area contributed by atoms with Crippen molar-refractivity contribution in [3.05, 3.63) is 12.0 Å². The minimum Gasteiger partial charge on any atom is -0.461 e. The Hall–Kier alpha value is -2.25. The number of urea groups is 1. The lowest BCUT2D eigenvalue weighted by atomic mass is 10.2. The zero-order valence-corrected chi connectivity index (χ0v) is 11.2. The predicted octanol–water partition coefficient (Wildman–Crippen LogP) is 0.0651. The molecular weight excluding hydrogens is 264 g/mol. The van der Waals surface area contributed by atoms with Crippen molar-refractivity contribution in [1.29, 1.82) is 0 Å². The third-order valence-electron chi connectivity index (χ3n) is 3.48. The Balaban J connectivity index is 1.68. The van der Waals surface area contributed by atoms with Crippen molar-refractivity contribution < 1.29 is 18.7 Å². The van der Waals surface area contributed by atoms with Crippen molar-refractivity contribution in [1.82, 2.24) is 15.2 Å². The molecule has 2 amide bonds. The molecule has 1 unspecified atom stereocenters. The zero-order valence-electron chi connectivity index (χ0n) is 11.2. The minimum atomic E-state index is -0.487. The minimum absolute atomic E-state index is 0.0192. The number of amides is 2. The molecule has 1 N–H and O–H groups in total. The SMILES string of the molecule is CCOC(=O)c1coc(N2CCN3C(=O)NCC3C2)n1. The summed E-state index contributed by atoms with van der Waals surface area (Å²) in [4.78, 5) is 30.9. The maximum absolute atomic E-state index is 11.5. The van der Waals surface area contributed by atoms with Gasteiger partial charge in [0.1, 0.15) is 6.26 Å². The Morgan fingerprint density at radius 1 is 1.60 bits per heavy atom. The van der Waals surface area contributed by atoms with E-state index in [1.807, 2.05) is 9.80 Å². The van der Waals surface area contributed by atoms with E-state index in [1.165, 1.54) is 6.26 Å². The van der Waals surface area contributed by atoms with E-state index in [4.69, 9.17) is 9.15 Å². The average Bonchev–Trinajstić information content (AvgIpc) is 3.06. The summed E-state index contributed by atoms with van der Waals surface area (Å²) >= 11 is 0. The zero-order chi connectivity index (χ0) is 14.1. The second-order valence-electron chi connectivity index (χ2n) is 4.72. The Kier molecular flexibility index (Phi) is 3.21. The quantitative estimate of drug-likeness (QED) is 0.788. The lowest BCUT2D eigenvalue weighted by Gasteiger charge is -2.35. The van der Waals surface area contributed by atoms with Crippen LogP contribution in [0.15, 0.2) is 10.7 Å². The van der Waals surface area contributed by atoms with Gasteiger partial charge in [0.15, 0.2) is 5.69 Å². The summed E-state index contributed by atoms with van der Waals surface area (Å²) in [5, 5.41) is 2.81. The Labute approximate surface area is 115 Å². The first-order valence-corrected chi connectivity index (χ1v) is 6.61. The lowest BCUT2D eigenvalue weighted by Crippen LogP contribution is -2.52. The van der Waals surface area contributed by atoms with Crippen LogP contribution in [0.5, 0.6) is 0 Å². The summed E-state index contributed by atoms with van der Waals surface area (Å²) in [6.07, 6.45) is 1.30. The van der Waals surface area contributed by atoms with E-state index in [0.717, 1.165) is 0 Å². The molecule has 2 aliphatic heterocycles. The van der Waals surface area contributed by atoms with Gasteiger partial charge in [-0.2, -0.15) is 4.98 Å². The Morgan fingerprint density at radius 2 is 2.45 bits per heavy atom. The monoisotopic (exact) mass is 280 g/mol. The summed E-state index contributed by atoms with van der Waals surface area (Å²) in [5.74, 6) is -0.487. The van der Waals surface area contributed by atoms with Crippen LogP contribution in [0.3, 0.4) is 0 Å². The van der Waals surface area contributed by atoms with Crippen LogP contribution in [0, 0.1) is 0 Å². The van der Waals surface area contributed by atoms with Gasteiger partial charge in [0.05, 0.1) is 12.6 Å². The Morgan fingerprint density at radius 3 is 3.25 bits per heavy atom. The van der Waals surface area contributed by atoms with Gasteiger partial charge in [-0.3, -0.25) is 0 Å². The van der Waals surface area contributed by atoms with Crippen LogP contribution in [0.25, 0.3) is 0 Å². The van der Waals surface area contributed by atoms with Crippen LogP contribution < -0.4 is 10.2 Å². The molecule has 3 heterocycles. The molecule has 1 aromatic heterocycles. The number of hydrogen-bond donors (Lipinski definition) is 1. The number of carbonyl (C=O) groups excluding carboxylic acids is 2. The first-order valence-electron chi connectivity index (χ1n) is 6.61. The number of rotatable bonds is 3. The number of ether oxygens (including phenoxy) is 1. The molecule has 3 rings (SSSR count). The van der Waals surface area contributed by atoms with Crippen molar-refractivity contribution in [2.24, 2.45) is 0 Å². The second-order valence-corrected chi connectivity index (χ2v) is 4.72. The van der Waals surface area contributed by atoms with Gasteiger partial charge >= 0.3 is 12.0 Å². The molecule has 1 aromatic rings. The number of esters is 1. The van der Waals surface area contributed by atoms with Crippen LogP contribution in [-0.4, -0.2) is 60.7 Å². The molecule has 0 saturated carbocycles. The first kappa shape index (κ1) is 12.8. The molecule has 2 saturated heterocycles. The maximum atomic E-state index is 11.5. The molecule has 0 bridgehead atoms. The van der Waals surface area contributed by atoms with E-state index in [9.17, 15) is 9.59 Å². The summed E-state index contributed by atoms with van der Waals surface area (Å²) in [6.45, 7) is 4.56. The summed E-state index contributed by atoms with van der Waals surface area (Å²) in [7, 11) is 0. The molecule has 0 spiro atoms. The normalized spacial score (nSPS) is 21.6. The molecule has 0 aliphatic carbocycles. The standard InChI is InChI=1S/C12H16N4O4/c1-2-19-10(17)9-7-20-12(14-9)15-3-4-16-8(6-15)5-13-11(16)18/h7-8H,2-6H2,1H3,(H,13,18). The van der Waals surface area contributed by atoms with Gasteiger partial charge in [-0.1, -0.05) is 0 Å². The smallest absolute Gasteiger partial charge is 0.360 e. The van der Waals surface area contributed by atoms with E-state index in [1.54, 1.807) is 6.92 Å². The molecule has 0 aromatic carbocycles. The Bertz CT molecular complexity index is 529. The maximum Gasteiger partial charge on any atom is 0.360 e. The van der Waals surface area contributed by atoms with Crippen LogP contribution in [-0.2, 0) is 4.74 Å². The highest BCUT2D eigenvalue weighted by atomic mass is 16.5. The summed E-state index contributed by atoms with van der Waals surface area (Å²) in [6, 6.07) is 0.496. The molecule has 1 atom stereocenters. The van der Waals surface area contributed by atoms with Gasteiger partial charge in [-0.15, -0.1) is 0 Å². The number of carbonyl (C=O) groups is 2. The van der Waals surface area contributed by atoms with Crippen LogP contribution in [0.2, 0.25) is 0 Å². The number of piperazine rings is 1. The second kappa shape index (κ2) is 5.03. The third-order valence-corrected chi connectivity index (χ3v) is 3.48. The van der Waals surface area contributed by atoms with Gasteiger partial charge in [-0.25, -0.2) is 9.59 Å². The molecule has 20 heavy (non-hydrogen) atoms. The van der Waals surface area contributed by atoms with Crippen molar-refractivity contribution in [2.75, 3.05) is 37.7 Å². The molecule has 8 heteroatoms. The molecule has 2 aliphatic rings. The number of fused-ring (bicyclic) bond motifs is 1. The van der Waals surface area contributed by atoms with Crippen molar-refractivity contribution in [2.45, 2.75) is 13.0 Å². The van der Waals surface area contributed by atoms with E-state index in [-0.39, 0.29) is 17.8 Å². The highest BCUT2D eigenvalue weighted by Crippen LogP contribution is 2.21. The molecule has 8 nitrogen and oxygen atoms in total. The lowest BCUT2D eigenvalue weighted by molar-refractivity contribution is 0.0519. The number of aromatic nitrogens is 1. The molecule has 108 valence electrons. The number of oxazole rings is 1. The largest absolute Gasteiger partial charge is 0.461 e. The van der Waals surface area contributed by atoms with Crippen LogP contribution >= 0.6 is 0 Å². The number of nitrogens with one attached hydrogen (secondary N) is 1. The molecule has 0 radical (unpaired) electrons. The fourth-order valence-corrected chi connectivity index (χ4v) is 2.49. The molecule has 2 fully saturated rings. The van der Waals surface area contributed by atoms with Gasteiger partial charge in [-0.05, 0) is 6.92 Å². The van der Waals surface area contributed by atoms with Gasteiger partial charge < -0.3 is 24.3 Å². The topological polar surface area (TPSA) is 87.9 Å². The van der Waals surface area contributed by atoms with E-state index in [0.29, 0.717) is 38.8 Å². The third kappa shape index (κ3) is 2.17. The van der Waals surface area contributed by atoms with Gasteiger partial charge in [0.25, 0.3) is 6.01 Å². The summed E-state index contributed by atoms with van der Waals surface area (Å²) in [5.41, 5.74) is 0.171. The highest BCUT2D eigenvalue weighted by molar-refractivity contribution is 5.87. The van der Waals surface area contributed by atoms with E-state index >= 15 is 0 Å².